The lowest BCUT2D eigenvalue weighted by molar-refractivity contribution is -0.351. The number of halogens is 1. The van der Waals surface area contributed by atoms with Gasteiger partial charge in [-0.05, 0) is 51.5 Å². The normalized spacial score (nSPS) is 45.8. The van der Waals surface area contributed by atoms with Crippen LogP contribution in [0.15, 0.2) is 60.2 Å². The highest BCUT2D eigenvalue weighted by Gasteiger charge is 2.58. The van der Waals surface area contributed by atoms with E-state index in [1.165, 1.54) is 19.1 Å². The molecule has 0 amide bonds. The molecule has 4 unspecified atom stereocenters. The smallest absolute Gasteiger partial charge is 0.308 e. The van der Waals surface area contributed by atoms with Crippen LogP contribution in [-0.2, 0) is 57.0 Å². The molecule has 0 aromatic heterocycles. The van der Waals surface area contributed by atoms with Crippen molar-refractivity contribution < 1.29 is 97.9 Å². The quantitative estimate of drug-likeness (QED) is 0.0864. The molecule has 6 fully saturated rings. The van der Waals surface area contributed by atoms with E-state index in [9.17, 15) is 55.2 Å². The number of aliphatic hydroxyl groups excluding tert-OH is 6. The van der Waals surface area contributed by atoms with Crippen molar-refractivity contribution in [2.45, 2.75) is 271 Å². The van der Waals surface area contributed by atoms with Crippen molar-refractivity contribution in [2.24, 2.45) is 23.7 Å². The van der Waals surface area contributed by atoms with Gasteiger partial charge in [0.1, 0.15) is 30.2 Å². The first-order valence-corrected chi connectivity index (χ1v) is 29.8. The summed E-state index contributed by atoms with van der Waals surface area (Å²) in [5.74, 6) is -9.98. The molecule has 8 N–H and O–H groups in total. The molecule has 20 nitrogen and oxygen atoms in total. The van der Waals surface area contributed by atoms with Crippen molar-refractivity contribution in [2.75, 3.05) is 7.11 Å². The molecule has 21 heteroatoms. The Balaban J connectivity index is 1.20. The molecule has 7 heterocycles. The zero-order valence-corrected chi connectivity index (χ0v) is 49.6. The predicted octanol–water partition coefficient (Wildman–Crippen LogP) is 5.34. The highest BCUT2D eigenvalue weighted by Crippen LogP contribution is 2.48. The summed E-state index contributed by atoms with van der Waals surface area (Å²) in [5, 5.41) is 94.1. The highest BCUT2D eigenvalue weighted by molar-refractivity contribution is 6.30. The topological polar surface area (TPSA) is 296 Å². The molecular weight excluding hydrogens is 1090 g/mol. The zero-order valence-electron chi connectivity index (χ0n) is 48.9. The number of ketones is 1. The second kappa shape index (κ2) is 27.8. The number of fused-ring (bicyclic) bond motifs is 8. The van der Waals surface area contributed by atoms with Crippen molar-refractivity contribution in [1.82, 2.24) is 0 Å². The first kappa shape index (κ1) is 66.5. The third kappa shape index (κ3) is 16.9. The molecule has 0 radical (unpaired) electrons. The van der Waals surface area contributed by atoms with Gasteiger partial charge in [-0.3, -0.25) is 14.4 Å². The minimum Gasteiger partial charge on any atom is -0.462 e. The van der Waals surface area contributed by atoms with Gasteiger partial charge in [-0.1, -0.05) is 88.4 Å². The molecule has 2 spiro atoms. The Labute approximate surface area is 487 Å². The Morgan fingerprint density at radius 2 is 1.50 bits per heavy atom. The predicted molar refractivity (Wildman–Crippen MR) is 298 cm³/mol. The maximum absolute atomic E-state index is 14.4. The molecule has 0 aliphatic carbocycles. The van der Waals surface area contributed by atoms with Gasteiger partial charge in [0.15, 0.2) is 17.4 Å². The number of allylic oxidation sites excluding steroid dienone is 3. The number of methoxy groups -OCH3 is 1. The molecule has 6 saturated heterocycles. The van der Waals surface area contributed by atoms with E-state index in [-0.39, 0.29) is 74.7 Å². The van der Waals surface area contributed by atoms with Crippen molar-refractivity contribution in [1.29, 1.82) is 0 Å². The summed E-state index contributed by atoms with van der Waals surface area (Å²) < 4.78 is 57.2. The third-order valence-electron chi connectivity index (χ3n) is 18.0. The van der Waals surface area contributed by atoms with Crippen LogP contribution < -0.4 is 0 Å². The molecule has 82 heavy (non-hydrogen) atoms. The highest BCUT2D eigenvalue weighted by atomic mass is 35.5. The second-order valence-electron chi connectivity index (χ2n) is 25.4. The summed E-state index contributed by atoms with van der Waals surface area (Å²) in [6.45, 7) is 21.7. The van der Waals surface area contributed by atoms with Crippen LogP contribution in [0.4, 0.5) is 0 Å². The van der Waals surface area contributed by atoms with Crippen LogP contribution in [0, 0.1) is 23.7 Å². The Bertz CT molecular complexity index is 2310. The number of carbonyl (C=O) groups is 3. The summed E-state index contributed by atoms with van der Waals surface area (Å²) in [6, 6.07) is 0. The molecule has 0 saturated carbocycles. The van der Waals surface area contributed by atoms with Gasteiger partial charge in [0.25, 0.3) is 0 Å². The summed E-state index contributed by atoms with van der Waals surface area (Å²) in [6.07, 6.45) is -8.29. The van der Waals surface area contributed by atoms with Gasteiger partial charge in [0.05, 0.1) is 85.3 Å². The van der Waals surface area contributed by atoms with Crippen molar-refractivity contribution in [3.05, 3.63) is 60.2 Å². The number of hydrogen-bond acceptors (Lipinski definition) is 20. The van der Waals surface area contributed by atoms with Gasteiger partial charge in [-0.2, -0.15) is 0 Å². The van der Waals surface area contributed by atoms with E-state index >= 15 is 0 Å². The molecule has 7 rings (SSSR count). The van der Waals surface area contributed by atoms with Crippen LogP contribution in [0.2, 0.25) is 0 Å². The van der Waals surface area contributed by atoms with Crippen LogP contribution in [0.3, 0.4) is 0 Å². The number of carbonyl (C=O) groups excluding carboxylic acids is 3. The average Bonchev–Trinajstić information content (AvgIpc) is 1.80. The number of aliphatic hydroxyl groups is 8. The molecule has 7 aliphatic rings. The van der Waals surface area contributed by atoms with Gasteiger partial charge in [0.2, 0.25) is 0 Å². The molecule has 24 atom stereocenters. The molecule has 10 bridgehead atoms. The van der Waals surface area contributed by atoms with E-state index in [1.54, 1.807) is 41.7 Å². The number of Topliss-reactive ketones (excluding diaryl/α,β-unsaturated/α-hetero) is 1. The fourth-order valence-electron chi connectivity index (χ4n) is 13.8. The Hall–Kier alpha value is -3.00. The van der Waals surface area contributed by atoms with E-state index in [2.05, 4.69) is 19.7 Å². The number of esters is 2. The van der Waals surface area contributed by atoms with Crippen molar-refractivity contribution in [3.63, 3.8) is 0 Å². The fourth-order valence-corrected chi connectivity index (χ4v) is 13.8. The molecule has 7 aliphatic heterocycles. The standard InChI is InChI=1S/C61H93ClO20/c1-32(18-40(64)17-16-34(3)62)19-51-54(70)55-38(7)56(76-51)57(71)61(73)30-49(67)36(5)50(82-61)15-13-11-12-14-42-21-41(65)26-59(78-42)28-45(74-10)22-43(79-59)24-48(66)37(6)53(69)35(4)33(2)20-47-27-58(9,72)31-60(81-47)29-46(75-39(8)63)23-44(80-60)25-52(68)77-55/h12,14,16-17,35-38,40-47,49-51,53-57,64-65,67,69-73H,1-3,11,13,15,18-31H2,4-10H3/b14-12-,17-16+/t35?,36-,37?,38+,40?,41+,42+,43+,44+,45+,46-,47-,49+,50-,51+,53?,54+,55+,56+,57-,58-,59+,60+,61-/m0/s1. The first-order valence-electron chi connectivity index (χ1n) is 29.4. The van der Waals surface area contributed by atoms with Crippen LogP contribution in [0.25, 0.3) is 0 Å². The Morgan fingerprint density at radius 1 is 0.829 bits per heavy atom. The third-order valence-corrected chi connectivity index (χ3v) is 18.2. The van der Waals surface area contributed by atoms with E-state index in [1.807, 2.05) is 12.2 Å². The number of rotatable bonds is 8. The van der Waals surface area contributed by atoms with Gasteiger partial charge >= 0.3 is 11.9 Å². The summed E-state index contributed by atoms with van der Waals surface area (Å²) >= 11 is 5.88. The lowest BCUT2D eigenvalue weighted by Gasteiger charge is -2.52. The lowest BCUT2D eigenvalue weighted by atomic mass is 9.78. The zero-order chi connectivity index (χ0) is 60.2. The van der Waals surface area contributed by atoms with Crippen LogP contribution in [-0.4, -0.2) is 186 Å². The van der Waals surface area contributed by atoms with Gasteiger partial charge in [-0.15, -0.1) is 0 Å². The van der Waals surface area contributed by atoms with Crippen LogP contribution in [0.5, 0.6) is 0 Å². The molecular formula is C61H93ClO20. The lowest BCUT2D eigenvalue weighted by Crippen LogP contribution is -2.65. The monoisotopic (exact) mass is 1180 g/mol. The Morgan fingerprint density at radius 3 is 2.20 bits per heavy atom. The van der Waals surface area contributed by atoms with Crippen LogP contribution in [0.1, 0.15) is 151 Å². The number of ether oxygens (including phenoxy) is 9. The van der Waals surface area contributed by atoms with E-state index in [0.717, 1.165) is 0 Å². The molecule has 0 aromatic rings. The largest absolute Gasteiger partial charge is 0.462 e. The maximum atomic E-state index is 14.4. The minimum absolute atomic E-state index is 0.00389. The molecule has 464 valence electrons. The van der Waals surface area contributed by atoms with Crippen molar-refractivity contribution >= 4 is 29.3 Å². The van der Waals surface area contributed by atoms with Crippen LogP contribution >= 0.6 is 11.6 Å². The van der Waals surface area contributed by atoms with E-state index in [4.69, 9.17) is 54.2 Å². The SMILES string of the molecule is C=C(Cl)/C=C/C(O)CC(=C)C[C@H]1O[C@@H]2[C@H](C)[C@@H](OC(=O)C[C@H]3C[C@H](OC(C)=O)C[C@@]4(C[C@@](C)(O)C[C@H](CC(=C)C(C)C(O)C(C)C(=O)C[C@H]5C[C@@H](OC)C[C@@]6(C[C@H](O)C[C@@H](/C=C\CCC[C@@H]7O[C@@](O)(C[C@@H](O)[C@@H]7C)[C@H]2O)O6)O5)O4)O3)[C@@H]1O. The van der Waals surface area contributed by atoms with Gasteiger partial charge in [0, 0.05) is 107 Å². The average molecular weight is 1180 g/mol. The number of hydrogen-bond donors (Lipinski definition) is 8. The van der Waals surface area contributed by atoms with E-state index < -0.39 is 163 Å². The summed E-state index contributed by atoms with van der Waals surface area (Å²) in [4.78, 5) is 41.0. The van der Waals surface area contributed by atoms with Gasteiger partial charge < -0.3 is 83.5 Å². The maximum Gasteiger partial charge on any atom is 0.308 e. The van der Waals surface area contributed by atoms with E-state index in [0.29, 0.717) is 49.7 Å². The first-order chi connectivity index (χ1) is 38.4. The summed E-state index contributed by atoms with van der Waals surface area (Å²) in [5.41, 5.74) is -0.469. The van der Waals surface area contributed by atoms with Gasteiger partial charge in [-0.25, -0.2) is 0 Å². The minimum atomic E-state index is -2.40. The van der Waals surface area contributed by atoms with Crippen molar-refractivity contribution in [3.8, 4) is 0 Å². The summed E-state index contributed by atoms with van der Waals surface area (Å²) in [7, 11) is 1.58. The fraction of sp³-hybridized carbons (Fsp3) is 0.787. The molecule has 0 aromatic carbocycles. The second-order valence-corrected chi connectivity index (χ2v) is 25.8. The Kier molecular flexibility index (Phi) is 22.5.